The molecule has 0 unspecified atom stereocenters. The molecule has 2 N–H and O–H groups in total. The molecule has 0 aliphatic carbocycles. The Morgan fingerprint density at radius 1 is 1.50 bits per heavy atom. The Labute approximate surface area is 114 Å². The largest absolute Gasteiger partial charge is 0.481 e. The van der Waals surface area contributed by atoms with Gasteiger partial charge in [-0.1, -0.05) is 0 Å². The minimum absolute atomic E-state index is 0.224. The number of carboxylic acid groups (broad SMARTS) is 1. The Balaban J connectivity index is 1.96. The van der Waals surface area contributed by atoms with Gasteiger partial charge in [0.05, 0.1) is 5.92 Å². The number of aliphatic carboxylic acids is 1. The van der Waals surface area contributed by atoms with Gasteiger partial charge in [0.25, 0.3) is 11.3 Å². The molecule has 1 fully saturated rings. The SMILES string of the molecule is Cc1cc(=O)n2[nH]c(N3CCC[C@@H](C(=O)O)C3)nc2n1. The van der Waals surface area contributed by atoms with Crippen molar-refractivity contribution in [3.05, 3.63) is 22.1 Å². The highest BCUT2D eigenvalue weighted by Crippen LogP contribution is 2.20. The van der Waals surface area contributed by atoms with Gasteiger partial charge >= 0.3 is 5.97 Å². The van der Waals surface area contributed by atoms with Crippen LogP contribution < -0.4 is 10.5 Å². The number of carbonyl (C=O) groups is 1. The molecule has 0 amide bonds. The number of aryl methyl sites for hydroxylation is 1. The molecule has 8 nitrogen and oxygen atoms in total. The molecule has 0 spiro atoms. The first-order chi connectivity index (χ1) is 9.54. The molecule has 0 radical (unpaired) electrons. The van der Waals surface area contributed by atoms with E-state index in [2.05, 4.69) is 15.1 Å². The van der Waals surface area contributed by atoms with Gasteiger partial charge in [0.2, 0.25) is 5.95 Å². The Kier molecular flexibility index (Phi) is 2.92. The van der Waals surface area contributed by atoms with Crippen LogP contribution in [0.15, 0.2) is 10.9 Å². The van der Waals surface area contributed by atoms with Crippen molar-refractivity contribution in [1.29, 1.82) is 0 Å². The summed E-state index contributed by atoms with van der Waals surface area (Å²) in [4.78, 5) is 33.2. The quantitative estimate of drug-likeness (QED) is 0.802. The van der Waals surface area contributed by atoms with Crippen molar-refractivity contribution in [1.82, 2.24) is 19.6 Å². The molecule has 0 aromatic carbocycles. The minimum atomic E-state index is -0.794. The first-order valence-corrected chi connectivity index (χ1v) is 6.49. The number of anilines is 1. The second-order valence-corrected chi connectivity index (χ2v) is 5.04. The van der Waals surface area contributed by atoms with Gasteiger partial charge in [-0.05, 0) is 19.8 Å². The summed E-state index contributed by atoms with van der Waals surface area (Å²) in [6.45, 7) is 2.84. The molecule has 3 heterocycles. The normalized spacial score (nSPS) is 19.4. The summed E-state index contributed by atoms with van der Waals surface area (Å²) in [5, 5.41) is 12.0. The van der Waals surface area contributed by atoms with Crippen molar-refractivity contribution in [2.45, 2.75) is 19.8 Å². The predicted octanol–water partition coefficient (Wildman–Crippen LogP) is 0.0270. The lowest BCUT2D eigenvalue weighted by Crippen LogP contribution is -2.39. The summed E-state index contributed by atoms with van der Waals surface area (Å²) >= 11 is 0. The van der Waals surface area contributed by atoms with Gasteiger partial charge in [0.15, 0.2) is 0 Å². The Morgan fingerprint density at radius 2 is 2.30 bits per heavy atom. The third kappa shape index (κ3) is 2.13. The van der Waals surface area contributed by atoms with Crippen molar-refractivity contribution >= 4 is 17.7 Å². The fraction of sp³-hybridized carbons (Fsp3) is 0.500. The Morgan fingerprint density at radius 3 is 3.05 bits per heavy atom. The van der Waals surface area contributed by atoms with Crippen LogP contribution in [0.4, 0.5) is 5.95 Å². The van der Waals surface area contributed by atoms with Crippen molar-refractivity contribution in [2.24, 2.45) is 5.92 Å². The van der Waals surface area contributed by atoms with Gasteiger partial charge in [-0.3, -0.25) is 14.7 Å². The van der Waals surface area contributed by atoms with Gasteiger partial charge in [0.1, 0.15) is 0 Å². The molecule has 20 heavy (non-hydrogen) atoms. The molecule has 1 aliphatic heterocycles. The highest BCUT2D eigenvalue weighted by atomic mass is 16.4. The number of carboxylic acids is 1. The van der Waals surface area contributed by atoms with Crippen LogP contribution >= 0.6 is 0 Å². The third-order valence-corrected chi connectivity index (χ3v) is 3.52. The monoisotopic (exact) mass is 277 g/mol. The molecule has 2 aromatic rings. The van der Waals surface area contributed by atoms with E-state index < -0.39 is 11.9 Å². The van der Waals surface area contributed by atoms with E-state index in [4.69, 9.17) is 5.11 Å². The summed E-state index contributed by atoms with van der Waals surface area (Å²) in [6, 6.07) is 1.42. The molecule has 0 bridgehead atoms. The number of hydrogen-bond donors (Lipinski definition) is 2. The van der Waals surface area contributed by atoms with Gasteiger partial charge in [0, 0.05) is 24.8 Å². The summed E-state index contributed by atoms with van der Waals surface area (Å²) in [6.07, 6.45) is 1.46. The fourth-order valence-corrected chi connectivity index (χ4v) is 2.49. The van der Waals surface area contributed by atoms with Crippen LogP contribution in [0.2, 0.25) is 0 Å². The lowest BCUT2D eigenvalue weighted by atomic mass is 9.99. The van der Waals surface area contributed by atoms with Gasteiger partial charge in [-0.25, -0.2) is 4.98 Å². The fourth-order valence-electron chi connectivity index (χ4n) is 2.49. The zero-order valence-electron chi connectivity index (χ0n) is 11.0. The number of nitrogens with one attached hydrogen (secondary N) is 1. The van der Waals surface area contributed by atoms with Crippen LogP contribution in [0.3, 0.4) is 0 Å². The third-order valence-electron chi connectivity index (χ3n) is 3.52. The molecule has 1 atom stereocenters. The maximum Gasteiger partial charge on any atom is 0.308 e. The number of aromatic nitrogens is 4. The average molecular weight is 277 g/mol. The number of H-pyrrole nitrogens is 1. The van der Waals surface area contributed by atoms with Gasteiger partial charge in [-0.15, -0.1) is 0 Å². The van der Waals surface area contributed by atoms with Crippen LogP contribution in [0.5, 0.6) is 0 Å². The molecular weight excluding hydrogens is 262 g/mol. The first kappa shape index (κ1) is 12.6. The molecule has 1 saturated heterocycles. The number of aromatic amines is 1. The van der Waals surface area contributed by atoms with Crippen LogP contribution in [-0.2, 0) is 4.79 Å². The standard InChI is InChI=1S/C12H15N5O3/c1-7-5-9(18)17-11(13-7)14-12(15-17)16-4-2-3-8(6-16)10(19)20/h5,8H,2-4,6H2,1H3,(H,19,20)(H,13,14,15)/t8-/m1/s1. The topological polar surface area (TPSA) is 104 Å². The molecule has 1 aliphatic rings. The van der Waals surface area contributed by atoms with Crippen molar-refractivity contribution in [3.63, 3.8) is 0 Å². The summed E-state index contributed by atoms with van der Waals surface area (Å²) in [7, 11) is 0. The molecule has 8 heteroatoms. The summed E-state index contributed by atoms with van der Waals surface area (Å²) in [5.41, 5.74) is 0.383. The Hall–Kier alpha value is -2.38. The van der Waals surface area contributed by atoms with Crippen LogP contribution in [0, 0.1) is 12.8 Å². The zero-order valence-corrected chi connectivity index (χ0v) is 11.0. The lowest BCUT2D eigenvalue weighted by Gasteiger charge is -2.29. The minimum Gasteiger partial charge on any atom is -0.481 e. The molecule has 106 valence electrons. The number of rotatable bonds is 2. The maximum absolute atomic E-state index is 11.8. The van der Waals surface area contributed by atoms with E-state index in [1.807, 2.05) is 4.90 Å². The number of fused-ring (bicyclic) bond motifs is 1. The van der Waals surface area contributed by atoms with E-state index in [0.29, 0.717) is 30.4 Å². The van der Waals surface area contributed by atoms with E-state index >= 15 is 0 Å². The molecule has 0 saturated carbocycles. The lowest BCUT2D eigenvalue weighted by molar-refractivity contribution is -0.141. The van der Waals surface area contributed by atoms with Crippen LogP contribution in [-0.4, -0.2) is 43.7 Å². The maximum atomic E-state index is 11.8. The molecular formula is C12H15N5O3. The van der Waals surface area contributed by atoms with E-state index in [-0.39, 0.29) is 5.56 Å². The van der Waals surface area contributed by atoms with E-state index in [1.54, 1.807) is 6.92 Å². The summed E-state index contributed by atoms with van der Waals surface area (Å²) < 4.78 is 1.27. The van der Waals surface area contributed by atoms with Crippen molar-refractivity contribution < 1.29 is 9.90 Å². The van der Waals surface area contributed by atoms with E-state index in [1.165, 1.54) is 10.6 Å². The highest BCUT2D eigenvalue weighted by Gasteiger charge is 2.27. The average Bonchev–Trinajstić information content (AvgIpc) is 2.83. The highest BCUT2D eigenvalue weighted by molar-refractivity contribution is 5.71. The number of piperidine rings is 1. The predicted molar refractivity (Wildman–Crippen MR) is 70.9 cm³/mol. The summed E-state index contributed by atoms with van der Waals surface area (Å²) in [5.74, 6) is -0.395. The zero-order chi connectivity index (χ0) is 14.3. The van der Waals surface area contributed by atoms with Crippen molar-refractivity contribution in [2.75, 3.05) is 18.0 Å². The van der Waals surface area contributed by atoms with E-state index in [0.717, 1.165) is 13.0 Å². The number of hydrogen-bond acceptors (Lipinski definition) is 5. The van der Waals surface area contributed by atoms with Gasteiger partial charge in [-0.2, -0.15) is 9.50 Å². The molecule has 3 rings (SSSR count). The number of nitrogens with zero attached hydrogens (tertiary/aromatic N) is 4. The van der Waals surface area contributed by atoms with Gasteiger partial charge < -0.3 is 10.0 Å². The molecule has 2 aromatic heterocycles. The van der Waals surface area contributed by atoms with Crippen LogP contribution in [0.25, 0.3) is 5.78 Å². The second-order valence-electron chi connectivity index (χ2n) is 5.04. The van der Waals surface area contributed by atoms with Crippen molar-refractivity contribution in [3.8, 4) is 0 Å². The van der Waals surface area contributed by atoms with Crippen LogP contribution in [0.1, 0.15) is 18.5 Å². The Bertz CT molecular complexity index is 719. The smallest absolute Gasteiger partial charge is 0.308 e. The second kappa shape index (κ2) is 4.62. The first-order valence-electron chi connectivity index (χ1n) is 6.49. The van der Waals surface area contributed by atoms with E-state index in [9.17, 15) is 9.59 Å².